The minimum atomic E-state index is -4.43. The van der Waals surface area contributed by atoms with E-state index >= 15 is 0 Å². The lowest BCUT2D eigenvalue weighted by atomic mass is 10.2. The third-order valence-corrected chi connectivity index (χ3v) is 3.24. The number of amides is 1. The zero-order valence-electron chi connectivity index (χ0n) is 13.9. The van der Waals surface area contributed by atoms with Crippen LogP contribution in [0.4, 0.5) is 19.0 Å². The first-order chi connectivity index (χ1) is 12.4. The molecule has 9 heteroatoms. The van der Waals surface area contributed by atoms with E-state index in [2.05, 4.69) is 25.3 Å². The Morgan fingerprint density at radius 3 is 2.54 bits per heavy atom. The summed E-state index contributed by atoms with van der Waals surface area (Å²) in [5.74, 6) is 0.285. The van der Waals surface area contributed by atoms with Gasteiger partial charge in [-0.1, -0.05) is 6.07 Å². The van der Waals surface area contributed by atoms with Gasteiger partial charge < -0.3 is 15.4 Å². The monoisotopic (exact) mass is 368 g/mol. The fourth-order valence-electron chi connectivity index (χ4n) is 1.99. The lowest BCUT2D eigenvalue weighted by Gasteiger charge is -2.09. The maximum atomic E-state index is 12.0. The van der Waals surface area contributed by atoms with Crippen molar-refractivity contribution < 1.29 is 22.7 Å². The lowest BCUT2D eigenvalue weighted by molar-refractivity contribution is -0.154. The van der Waals surface area contributed by atoms with Crippen molar-refractivity contribution in [3.8, 4) is 5.88 Å². The summed E-state index contributed by atoms with van der Waals surface area (Å²) in [4.78, 5) is 19.8. The second kappa shape index (κ2) is 9.59. The second-order valence-electron chi connectivity index (χ2n) is 5.39. The van der Waals surface area contributed by atoms with Crippen LogP contribution >= 0.6 is 0 Å². The van der Waals surface area contributed by atoms with Crippen molar-refractivity contribution in [2.45, 2.75) is 19.0 Å². The van der Waals surface area contributed by atoms with Crippen LogP contribution in [0.25, 0.3) is 0 Å². The average Bonchev–Trinajstić information content (AvgIpc) is 2.63. The Labute approximate surface area is 148 Å². The summed E-state index contributed by atoms with van der Waals surface area (Å²) in [5, 5.41) is 5.90. The number of nitrogens with one attached hydrogen (secondary N) is 2. The molecule has 0 aliphatic rings. The number of aromatic nitrogens is 2. The molecule has 0 unspecified atom stereocenters. The highest BCUT2D eigenvalue weighted by molar-refractivity contribution is 5.93. The number of unbranched alkanes of at least 4 members (excludes halogenated alkanes) is 1. The first kappa shape index (κ1) is 19.5. The van der Waals surface area contributed by atoms with Crippen LogP contribution < -0.4 is 15.4 Å². The third-order valence-electron chi connectivity index (χ3n) is 3.24. The van der Waals surface area contributed by atoms with Crippen LogP contribution in [-0.2, 0) is 0 Å². The van der Waals surface area contributed by atoms with Crippen LogP contribution in [-0.4, -0.2) is 41.7 Å². The number of hydrogen-bond donors (Lipinski definition) is 2. The summed E-state index contributed by atoms with van der Waals surface area (Å²) in [6, 6.07) is 8.21. The fraction of sp³-hybridized carbons (Fsp3) is 0.353. The quantitative estimate of drug-likeness (QED) is 0.666. The molecule has 2 aromatic heterocycles. The van der Waals surface area contributed by atoms with Gasteiger partial charge in [-0.3, -0.25) is 4.79 Å². The van der Waals surface area contributed by atoms with Crippen LogP contribution in [0.15, 0.2) is 42.7 Å². The summed E-state index contributed by atoms with van der Waals surface area (Å²) >= 11 is 0. The average molecular weight is 368 g/mol. The number of rotatable bonds is 9. The maximum absolute atomic E-state index is 12.0. The smallest absolute Gasteiger partial charge is 0.422 e. The van der Waals surface area contributed by atoms with Crippen LogP contribution in [0.1, 0.15) is 23.2 Å². The minimum Gasteiger partial charge on any atom is -0.468 e. The van der Waals surface area contributed by atoms with Gasteiger partial charge in [-0.15, -0.1) is 0 Å². The van der Waals surface area contributed by atoms with Crippen molar-refractivity contribution in [2.24, 2.45) is 0 Å². The Bertz CT molecular complexity index is 679. The van der Waals surface area contributed by atoms with Gasteiger partial charge in [0.05, 0.1) is 5.56 Å². The van der Waals surface area contributed by atoms with E-state index in [-0.39, 0.29) is 17.4 Å². The molecular weight excluding hydrogens is 349 g/mol. The summed E-state index contributed by atoms with van der Waals surface area (Å²) in [6.07, 6.45) is 0.0773. The van der Waals surface area contributed by atoms with Gasteiger partial charge >= 0.3 is 6.18 Å². The Morgan fingerprint density at radius 1 is 1.08 bits per heavy atom. The van der Waals surface area contributed by atoms with Crippen molar-refractivity contribution in [3.05, 3.63) is 48.3 Å². The molecule has 26 heavy (non-hydrogen) atoms. The molecule has 0 atom stereocenters. The molecule has 0 aromatic carbocycles. The van der Waals surface area contributed by atoms with E-state index in [1.54, 1.807) is 6.20 Å². The Balaban J connectivity index is 1.63. The van der Waals surface area contributed by atoms with Crippen molar-refractivity contribution in [1.82, 2.24) is 15.3 Å². The third kappa shape index (κ3) is 7.37. The highest BCUT2D eigenvalue weighted by Crippen LogP contribution is 2.17. The molecule has 2 N–H and O–H groups in total. The lowest BCUT2D eigenvalue weighted by Crippen LogP contribution is -2.25. The van der Waals surface area contributed by atoms with Crippen LogP contribution in [0.5, 0.6) is 5.88 Å². The van der Waals surface area contributed by atoms with Gasteiger partial charge in [-0.25, -0.2) is 9.97 Å². The molecule has 2 rings (SSSR count). The summed E-state index contributed by atoms with van der Waals surface area (Å²) in [7, 11) is 0. The summed E-state index contributed by atoms with van der Waals surface area (Å²) < 4.78 is 40.6. The normalized spacial score (nSPS) is 11.0. The van der Waals surface area contributed by atoms with Gasteiger partial charge in [-0.05, 0) is 31.0 Å². The van der Waals surface area contributed by atoms with Gasteiger partial charge in [0.1, 0.15) is 5.82 Å². The molecule has 140 valence electrons. The zero-order valence-corrected chi connectivity index (χ0v) is 13.9. The van der Waals surface area contributed by atoms with Crippen molar-refractivity contribution in [1.29, 1.82) is 0 Å². The van der Waals surface area contributed by atoms with Crippen LogP contribution in [0.3, 0.4) is 0 Å². The zero-order chi connectivity index (χ0) is 18.8. The maximum Gasteiger partial charge on any atom is 0.422 e. The largest absolute Gasteiger partial charge is 0.468 e. The van der Waals surface area contributed by atoms with Crippen molar-refractivity contribution in [3.63, 3.8) is 0 Å². The van der Waals surface area contributed by atoms with E-state index in [9.17, 15) is 18.0 Å². The number of halogens is 3. The van der Waals surface area contributed by atoms with Gasteiger partial charge in [0.2, 0.25) is 5.88 Å². The van der Waals surface area contributed by atoms with E-state index in [0.717, 1.165) is 25.2 Å². The Kier molecular flexibility index (Phi) is 7.19. The molecule has 0 bridgehead atoms. The number of alkyl halides is 3. The molecule has 6 nitrogen and oxygen atoms in total. The topological polar surface area (TPSA) is 76.1 Å². The van der Waals surface area contributed by atoms with Gasteiger partial charge in [0.15, 0.2) is 6.61 Å². The van der Waals surface area contributed by atoms with E-state index in [0.29, 0.717) is 6.54 Å². The number of pyridine rings is 2. The fourth-order valence-corrected chi connectivity index (χ4v) is 1.99. The molecular formula is C17H19F3N4O2. The standard InChI is InChI=1S/C17H19F3N4O2/c18-17(19,20)12-26-15-7-6-13(11-24-15)16(25)23-10-4-3-9-22-14-5-1-2-8-21-14/h1-2,5-8,11H,3-4,9-10,12H2,(H,21,22)(H,23,25). The predicted octanol–water partition coefficient (Wildman–Crippen LogP) is 3.04. The number of hydrogen-bond acceptors (Lipinski definition) is 5. The van der Waals surface area contributed by atoms with Crippen LogP contribution in [0, 0.1) is 0 Å². The number of carbonyl (C=O) groups is 1. The van der Waals surface area contributed by atoms with E-state index < -0.39 is 12.8 Å². The molecule has 0 saturated heterocycles. The summed E-state index contributed by atoms with van der Waals surface area (Å²) in [6.45, 7) is -0.202. The SMILES string of the molecule is O=C(NCCCCNc1ccccn1)c1ccc(OCC(F)(F)F)nc1. The molecule has 0 saturated carbocycles. The highest BCUT2D eigenvalue weighted by atomic mass is 19.4. The summed E-state index contributed by atoms with van der Waals surface area (Å²) in [5.41, 5.74) is 0.260. The number of ether oxygens (including phenoxy) is 1. The first-order valence-electron chi connectivity index (χ1n) is 8.03. The minimum absolute atomic E-state index is 0.181. The molecule has 0 spiro atoms. The molecule has 1 amide bonds. The molecule has 0 aliphatic heterocycles. The second-order valence-corrected chi connectivity index (χ2v) is 5.39. The van der Waals surface area contributed by atoms with Crippen molar-refractivity contribution >= 4 is 11.7 Å². The Morgan fingerprint density at radius 2 is 1.88 bits per heavy atom. The molecule has 0 fully saturated rings. The first-order valence-corrected chi connectivity index (χ1v) is 8.03. The van der Waals surface area contributed by atoms with Gasteiger partial charge in [-0.2, -0.15) is 13.2 Å². The Hall–Kier alpha value is -2.84. The molecule has 0 aliphatic carbocycles. The van der Waals surface area contributed by atoms with Crippen LogP contribution in [0.2, 0.25) is 0 Å². The van der Waals surface area contributed by atoms with Gasteiger partial charge in [0, 0.05) is 31.5 Å². The highest BCUT2D eigenvalue weighted by Gasteiger charge is 2.28. The molecule has 2 aromatic rings. The number of nitrogens with zero attached hydrogens (tertiary/aromatic N) is 2. The predicted molar refractivity (Wildman–Crippen MR) is 90.1 cm³/mol. The van der Waals surface area contributed by atoms with Gasteiger partial charge in [0.25, 0.3) is 5.91 Å². The number of carbonyl (C=O) groups excluding carboxylic acids is 1. The van der Waals surface area contributed by atoms with E-state index in [4.69, 9.17) is 0 Å². The van der Waals surface area contributed by atoms with Crippen molar-refractivity contribution in [2.75, 3.05) is 25.0 Å². The van der Waals surface area contributed by atoms with E-state index in [1.165, 1.54) is 18.3 Å². The van der Waals surface area contributed by atoms with E-state index in [1.807, 2.05) is 18.2 Å². The number of anilines is 1. The molecule has 0 radical (unpaired) electrons. The molecule has 2 heterocycles.